The van der Waals surface area contributed by atoms with Crippen LogP contribution in [0.3, 0.4) is 0 Å². The number of benzene rings is 1. The highest BCUT2D eigenvalue weighted by Gasteiger charge is 2.37. The van der Waals surface area contributed by atoms with Gasteiger partial charge < -0.3 is 19.5 Å². The van der Waals surface area contributed by atoms with Gasteiger partial charge in [0.15, 0.2) is 11.5 Å². The summed E-state index contributed by atoms with van der Waals surface area (Å²) in [6.45, 7) is 2.31. The lowest BCUT2D eigenvalue weighted by molar-refractivity contribution is -0.0472. The molecular formula is C22H28N2O3. The van der Waals surface area contributed by atoms with Crippen molar-refractivity contribution >= 4 is 0 Å². The van der Waals surface area contributed by atoms with Gasteiger partial charge >= 0.3 is 0 Å². The van der Waals surface area contributed by atoms with Gasteiger partial charge in [-0.15, -0.1) is 0 Å². The Morgan fingerprint density at radius 1 is 1.11 bits per heavy atom. The SMILES string of the molecule is COc1ccc(C2(OCc3ccncc3)CCNC2)cc1OC1CCCC1. The molecule has 0 amide bonds. The van der Waals surface area contributed by atoms with Crippen LogP contribution in [0.1, 0.15) is 43.2 Å². The summed E-state index contributed by atoms with van der Waals surface area (Å²) < 4.78 is 18.3. The molecule has 5 nitrogen and oxygen atoms in total. The van der Waals surface area contributed by atoms with Crippen LogP contribution in [0.4, 0.5) is 0 Å². The lowest BCUT2D eigenvalue weighted by atomic mass is 9.92. The van der Waals surface area contributed by atoms with Gasteiger partial charge in [0.05, 0.1) is 19.8 Å². The maximum Gasteiger partial charge on any atom is 0.161 e. The molecule has 27 heavy (non-hydrogen) atoms. The molecule has 1 aliphatic carbocycles. The Labute approximate surface area is 161 Å². The fraction of sp³-hybridized carbons (Fsp3) is 0.500. The van der Waals surface area contributed by atoms with Crippen molar-refractivity contribution in [3.63, 3.8) is 0 Å². The van der Waals surface area contributed by atoms with Crippen molar-refractivity contribution in [3.05, 3.63) is 53.9 Å². The molecule has 1 unspecified atom stereocenters. The smallest absolute Gasteiger partial charge is 0.161 e. The molecule has 5 heteroatoms. The Morgan fingerprint density at radius 3 is 2.63 bits per heavy atom. The van der Waals surface area contributed by atoms with Crippen LogP contribution in [0.25, 0.3) is 0 Å². The van der Waals surface area contributed by atoms with Gasteiger partial charge in [-0.2, -0.15) is 0 Å². The number of methoxy groups -OCH3 is 1. The van der Waals surface area contributed by atoms with E-state index in [9.17, 15) is 0 Å². The summed E-state index contributed by atoms with van der Waals surface area (Å²) in [5.41, 5.74) is 1.94. The van der Waals surface area contributed by atoms with Crippen LogP contribution in [-0.2, 0) is 16.9 Å². The number of rotatable bonds is 7. The first-order valence-corrected chi connectivity index (χ1v) is 9.88. The molecule has 1 aromatic heterocycles. The van der Waals surface area contributed by atoms with E-state index in [2.05, 4.69) is 22.4 Å². The minimum Gasteiger partial charge on any atom is -0.493 e. The number of aromatic nitrogens is 1. The van der Waals surface area contributed by atoms with Crippen LogP contribution in [-0.4, -0.2) is 31.3 Å². The van der Waals surface area contributed by atoms with E-state index in [0.29, 0.717) is 12.7 Å². The van der Waals surface area contributed by atoms with E-state index < -0.39 is 0 Å². The van der Waals surface area contributed by atoms with Crippen LogP contribution < -0.4 is 14.8 Å². The number of ether oxygens (including phenoxy) is 3. The lowest BCUT2D eigenvalue weighted by Gasteiger charge is -2.30. The molecule has 1 N–H and O–H groups in total. The fourth-order valence-electron chi connectivity index (χ4n) is 4.06. The predicted molar refractivity (Wildman–Crippen MR) is 104 cm³/mol. The van der Waals surface area contributed by atoms with Crippen LogP contribution in [0.2, 0.25) is 0 Å². The van der Waals surface area contributed by atoms with Crippen molar-refractivity contribution in [1.82, 2.24) is 10.3 Å². The molecular weight excluding hydrogens is 340 g/mol. The highest BCUT2D eigenvalue weighted by atomic mass is 16.5. The minimum atomic E-state index is -0.344. The summed E-state index contributed by atoms with van der Waals surface area (Å²) in [7, 11) is 1.70. The Morgan fingerprint density at radius 2 is 1.93 bits per heavy atom. The van der Waals surface area contributed by atoms with Gasteiger partial charge in [-0.3, -0.25) is 4.98 Å². The Kier molecular flexibility index (Phi) is 5.60. The second kappa shape index (κ2) is 8.28. The number of nitrogens with one attached hydrogen (secondary N) is 1. The zero-order valence-corrected chi connectivity index (χ0v) is 15.9. The van der Waals surface area contributed by atoms with Crippen LogP contribution in [0.15, 0.2) is 42.7 Å². The van der Waals surface area contributed by atoms with Gasteiger partial charge in [0.2, 0.25) is 0 Å². The van der Waals surface area contributed by atoms with Crippen molar-refractivity contribution in [2.45, 2.75) is 50.4 Å². The number of nitrogens with zero attached hydrogens (tertiary/aromatic N) is 1. The number of pyridine rings is 1. The molecule has 1 saturated carbocycles. The molecule has 2 aromatic rings. The standard InChI is InChI=1S/C22H28N2O3/c1-25-20-7-6-18(14-21(20)27-19-4-2-3-5-19)22(10-13-24-16-22)26-15-17-8-11-23-12-9-17/h6-9,11-12,14,19,24H,2-5,10,13,15-16H2,1H3. The molecule has 2 aliphatic rings. The normalized spacial score (nSPS) is 22.9. The van der Waals surface area contributed by atoms with E-state index >= 15 is 0 Å². The summed E-state index contributed by atoms with van der Waals surface area (Å²) in [6.07, 6.45) is 9.58. The Hall–Kier alpha value is -2.11. The molecule has 2 fully saturated rings. The van der Waals surface area contributed by atoms with Gasteiger partial charge in [-0.25, -0.2) is 0 Å². The maximum absolute atomic E-state index is 6.47. The molecule has 2 heterocycles. The van der Waals surface area contributed by atoms with E-state index in [1.54, 1.807) is 19.5 Å². The Balaban J connectivity index is 1.58. The highest BCUT2D eigenvalue weighted by molar-refractivity contribution is 5.45. The first-order chi connectivity index (χ1) is 13.3. The predicted octanol–water partition coefficient (Wildman–Crippen LogP) is 3.82. The van der Waals surface area contributed by atoms with E-state index in [0.717, 1.165) is 55.0 Å². The number of hydrogen-bond donors (Lipinski definition) is 1. The van der Waals surface area contributed by atoms with Crippen LogP contribution in [0.5, 0.6) is 11.5 Å². The molecule has 0 radical (unpaired) electrons. The van der Waals surface area contributed by atoms with Gasteiger partial charge in [0.1, 0.15) is 5.60 Å². The maximum atomic E-state index is 6.47. The summed E-state index contributed by atoms with van der Waals surface area (Å²) in [5, 5.41) is 3.46. The van der Waals surface area contributed by atoms with Gasteiger partial charge in [0.25, 0.3) is 0 Å². The number of hydrogen-bond acceptors (Lipinski definition) is 5. The molecule has 1 aliphatic heterocycles. The zero-order chi connectivity index (χ0) is 18.5. The van der Waals surface area contributed by atoms with Crippen molar-refractivity contribution in [2.75, 3.05) is 20.2 Å². The molecule has 0 spiro atoms. The largest absolute Gasteiger partial charge is 0.493 e. The monoisotopic (exact) mass is 368 g/mol. The lowest BCUT2D eigenvalue weighted by Crippen LogP contribution is -2.32. The van der Waals surface area contributed by atoms with E-state index in [1.807, 2.05) is 18.2 Å². The molecule has 1 atom stereocenters. The van der Waals surface area contributed by atoms with E-state index in [4.69, 9.17) is 14.2 Å². The van der Waals surface area contributed by atoms with Crippen LogP contribution in [0, 0.1) is 0 Å². The first kappa shape index (κ1) is 18.3. The third-order valence-electron chi connectivity index (χ3n) is 5.67. The molecule has 0 bridgehead atoms. The van der Waals surface area contributed by atoms with Crippen LogP contribution >= 0.6 is 0 Å². The van der Waals surface area contributed by atoms with Crippen molar-refractivity contribution in [1.29, 1.82) is 0 Å². The first-order valence-electron chi connectivity index (χ1n) is 9.88. The van der Waals surface area contributed by atoms with Crippen molar-refractivity contribution < 1.29 is 14.2 Å². The van der Waals surface area contributed by atoms with Gasteiger partial charge in [-0.05, 0) is 74.0 Å². The third-order valence-corrected chi connectivity index (χ3v) is 5.67. The summed E-state index contributed by atoms with van der Waals surface area (Å²) in [5.74, 6) is 1.63. The molecule has 144 valence electrons. The summed E-state index contributed by atoms with van der Waals surface area (Å²) >= 11 is 0. The Bertz CT molecular complexity index is 738. The van der Waals surface area contributed by atoms with Gasteiger partial charge in [0, 0.05) is 18.9 Å². The highest BCUT2D eigenvalue weighted by Crippen LogP contribution is 2.39. The minimum absolute atomic E-state index is 0.296. The van der Waals surface area contributed by atoms with Gasteiger partial charge in [-0.1, -0.05) is 6.07 Å². The topological polar surface area (TPSA) is 52.6 Å². The average Bonchev–Trinajstić information content (AvgIpc) is 3.40. The van der Waals surface area contributed by atoms with E-state index in [-0.39, 0.29) is 5.60 Å². The quantitative estimate of drug-likeness (QED) is 0.805. The third kappa shape index (κ3) is 4.09. The fourth-order valence-corrected chi connectivity index (χ4v) is 4.06. The van der Waals surface area contributed by atoms with E-state index in [1.165, 1.54) is 12.8 Å². The molecule has 1 saturated heterocycles. The average molecular weight is 368 g/mol. The second-order valence-corrected chi connectivity index (χ2v) is 7.46. The molecule has 4 rings (SSSR count). The van der Waals surface area contributed by atoms with Crippen molar-refractivity contribution in [3.8, 4) is 11.5 Å². The summed E-state index contributed by atoms with van der Waals surface area (Å²) in [6, 6.07) is 10.2. The molecule has 1 aromatic carbocycles. The zero-order valence-electron chi connectivity index (χ0n) is 15.9. The summed E-state index contributed by atoms with van der Waals surface area (Å²) in [4.78, 5) is 4.08. The second-order valence-electron chi connectivity index (χ2n) is 7.46. The van der Waals surface area contributed by atoms with Crippen molar-refractivity contribution in [2.24, 2.45) is 0 Å².